The highest BCUT2D eigenvalue weighted by molar-refractivity contribution is 6.07. The molecule has 8 heteroatoms. The van der Waals surface area contributed by atoms with Crippen LogP contribution in [0, 0.1) is 19.7 Å². The second-order valence-corrected chi connectivity index (χ2v) is 8.50. The number of carbonyl (C=O) groups excluding carboxylic acids is 3. The average molecular weight is 495 g/mol. The maximum atomic E-state index is 13.9. The van der Waals surface area contributed by atoms with Crippen LogP contribution < -0.4 is 4.74 Å². The van der Waals surface area contributed by atoms with Crippen molar-refractivity contribution in [2.45, 2.75) is 46.8 Å². The molecule has 2 aromatic carbocycles. The maximum Gasteiger partial charge on any atom is 0.354 e. The SMILES string of the molecule is CCn1c(C)c(C(=O)C(C)N(Cc2ccc(F)cc2)C(=O)c2cccc(OC)c2)c(C)c1C(=O)OC. The Balaban J connectivity index is 2.07. The summed E-state index contributed by atoms with van der Waals surface area (Å²) in [6.07, 6.45) is 0. The van der Waals surface area contributed by atoms with Crippen LogP contribution in [0.4, 0.5) is 4.39 Å². The van der Waals surface area contributed by atoms with Crippen molar-refractivity contribution in [3.05, 3.63) is 88.0 Å². The topological polar surface area (TPSA) is 77.8 Å². The summed E-state index contributed by atoms with van der Waals surface area (Å²) in [5.41, 5.74) is 2.86. The van der Waals surface area contributed by atoms with Crippen LogP contribution in [0.1, 0.15) is 61.9 Å². The van der Waals surface area contributed by atoms with Gasteiger partial charge in [-0.25, -0.2) is 9.18 Å². The molecule has 0 N–H and O–H groups in total. The first kappa shape index (κ1) is 26.7. The van der Waals surface area contributed by atoms with Gasteiger partial charge in [-0.2, -0.15) is 0 Å². The van der Waals surface area contributed by atoms with Gasteiger partial charge in [0.1, 0.15) is 17.3 Å². The third-order valence-corrected chi connectivity index (χ3v) is 6.40. The van der Waals surface area contributed by atoms with Crippen LogP contribution in [0.15, 0.2) is 48.5 Å². The first-order chi connectivity index (χ1) is 17.1. The number of carbonyl (C=O) groups is 3. The molecule has 0 fully saturated rings. The number of Topliss-reactive ketones (excluding diaryl/α,β-unsaturated/α-hetero) is 1. The smallest absolute Gasteiger partial charge is 0.354 e. The van der Waals surface area contributed by atoms with E-state index in [9.17, 15) is 18.8 Å². The lowest BCUT2D eigenvalue weighted by atomic mass is 9.98. The third kappa shape index (κ3) is 5.17. The fraction of sp³-hybridized carbons (Fsp3) is 0.321. The van der Waals surface area contributed by atoms with Crippen molar-refractivity contribution >= 4 is 17.7 Å². The van der Waals surface area contributed by atoms with Crippen molar-refractivity contribution < 1.29 is 28.2 Å². The van der Waals surface area contributed by atoms with Crippen LogP contribution in [0.25, 0.3) is 0 Å². The molecule has 1 aromatic heterocycles. The van der Waals surface area contributed by atoms with Crippen LogP contribution in [0.2, 0.25) is 0 Å². The molecule has 0 saturated carbocycles. The fourth-order valence-corrected chi connectivity index (χ4v) is 4.46. The molecule has 0 radical (unpaired) electrons. The number of esters is 1. The summed E-state index contributed by atoms with van der Waals surface area (Å²) in [5, 5.41) is 0. The van der Waals surface area contributed by atoms with Crippen LogP contribution in [0.3, 0.4) is 0 Å². The molecule has 0 spiro atoms. The average Bonchev–Trinajstić information content (AvgIpc) is 3.15. The molecule has 36 heavy (non-hydrogen) atoms. The summed E-state index contributed by atoms with van der Waals surface area (Å²) < 4.78 is 25.5. The monoisotopic (exact) mass is 494 g/mol. The number of halogens is 1. The van der Waals surface area contributed by atoms with Crippen molar-refractivity contribution in [1.29, 1.82) is 0 Å². The van der Waals surface area contributed by atoms with E-state index in [4.69, 9.17) is 9.47 Å². The van der Waals surface area contributed by atoms with E-state index in [1.165, 1.54) is 31.3 Å². The van der Waals surface area contributed by atoms with E-state index in [1.54, 1.807) is 61.7 Å². The number of benzene rings is 2. The predicted molar refractivity (Wildman–Crippen MR) is 134 cm³/mol. The number of aromatic nitrogens is 1. The molecule has 3 rings (SSSR count). The highest BCUT2D eigenvalue weighted by Gasteiger charge is 2.33. The van der Waals surface area contributed by atoms with E-state index in [-0.39, 0.29) is 18.2 Å². The molecule has 0 bridgehead atoms. The third-order valence-electron chi connectivity index (χ3n) is 6.40. The zero-order valence-electron chi connectivity index (χ0n) is 21.4. The number of rotatable bonds is 9. The van der Waals surface area contributed by atoms with E-state index in [0.717, 1.165) is 0 Å². The quantitative estimate of drug-likeness (QED) is 0.310. The number of ketones is 1. The van der Waals surface area contributed by atoms with Crippen molar-refractivity contribution in [1.82, 2.24) is 9.47 Å². The predicted octanol–water partition coefficient (Wildman–Crippen LogP) is 4.97. The number of ether oxygens (including phenoxy) is 2. The Morgan fingerprint density at radius 3 is 2.31 bits per heavy atom. The Labute approximate surface area is 210 Å². The highest BCUT2D eigenvalue weighted by atomic mass is 19.1. The molecule has 1 amide bonds. The summed E-state index contributed by atoms with van der Waals surface area (Å²) in [5.74, 6) is -1.09. The molecule has 1 unspecified atom stereocenters. The lowest BCUT2D eigenvalue weighted by Crippen LogP contribution is -2.43. The summed E-state index contributed by atoms with van der Waals surface area (Å²) in [6.45, 7) is 7.57. The largest absolute Gasteiger partial charge is 0.497 e. The number of amides is 1. The van der Waals surface area contributed by atoms with Gasteiger partial charge in [0, 0.05) is 29.9 Å². The minimum atomic E-state index is -0.885. The van der Waals surface area contributed by atoms with Crippen molar-refractivity contribution in [2.75, 3.05) is 14.2 Å². The molecule has 190 valence electrons. The molecular weight excluding hydrogens is 463 g/mol. The Hall–Kier alpha value is -3.94. The lowest BCUT2D eigenvalue weighted by Gasteiger charge is -2.29. The summed E-state index contributed by atoms with van der Waals surface area (Å²) in [6, 6.07) is 11.6. The van der Waals surface area contributed by atoms with Crippen molar-refractivity contribution in [3.63, 3.8) is 0 Å². The second-order valence-electron chi connectivity index (χ2n) is 8.50. The van der Waals surface area contributed by atoms with Crippen LogP contribution >= 0.6 is 0 Å². The molecule has 1 atom stereocenters. The molecule has 0 saturated heterocycles. The highest BCUT2D eigenvalue weighted by Crippen LogP contribution is 2.27. The van der Waals surface area contributed by atoms with Gasteiger partial charge in [0.05, 0.1) is 20.3 Å². The molecule has 7 nitrogen and oxygen atoms in total. The first-order valence-electron chi connectivity index (χ1n) is 11.7. The van der Waals surface area contributed by atoms with E-state index < -0.39 is 17.8 Å². The number of methoxy groups -OCH3 is 2. The summed E-state index contributed by atoms with van der Waals surface area (Å²) in [7, 11) is 2.81. The number of hydrogen-bond acceptors (Lipinski definition) is 5. The van der Waals surface area contributed by atoms with E-state index in [2.05, 4.69) is 0 Å². The van der Waals surface area contributed by atoms with E-state index >= 15 is 0 Å². The van der Waals surface area contributed by atoms with Gasteiger partial charge >= 0.3 is 5.97 Å². The van der Waals surface area contributed by atoms with Gasteiger partial charge in [0.25, 0.3) is 5.91 Å². The standard InChI is InChI=1S/C28H31FN2O5/c1-7-30-18(3)24(17(2)25(30)28(34)36-6)26(32)19(4)31(16-20-11-13-22(29)14-12-20)27(33)21-9-8-10-23(15-21)35-5/h8-15,19H,7,16H2,1-6H3. The number of nitrogens with zero attached hydrogens (tertiary/aromatic N) is 2. The Bertz CT molecular complexity index is 1280. The van der Waals surface area contributed by atoms with Gasteiger partial charge in [-0.3, -0.25) is 9.59 Å². The fourth-order valence-electron chi connectivity index (χ4n) is 4.46. The lowest BCUT2D eigenvalue weighted by molar-refractivity contribution is 0.0586. The molecule has 3 aromatic rings. The molecule has 0 aliphatic rings. The summed E-state index contributed by atoms with van der Waals surface area (Å²) >= 11 is 0. The van der Waals surface area contributed by atoms with Gasteiger partial charge in [0.2, 0.25) is 0 Å². The molecular formula is C28H31FN2O5. The van der Waals surface area contributed by atoms with Gasteiger partial charge in [0.15, 0.2) is 5.78 Å². The van der Waals surface area contributed by atoms with E-state index in [1.807, 2.05) is 6.92 Å². The zero-order chi connectivity index (χ0) is 26.6. The summed E-state index contributed by atoms with van der Waals surface area (Å²) in [4.78, 5) is 41.5. The van der Waals surface area contributed by atoms with Crippen LogP contribution in [-0.2, 0) is 17.8 Å². The molecule has 0 aliphatic heterocycles. The second kappa shape index (κ2) is 11.2. The van der Waals surface area contributed by atoms with Crippen LogP contribution in [-0.4, -0.2) is 47.4 Å². The Morgan fingerprint density at radius 2 is 1.72 bits per heavy atom. The van der Waals surface area contributed by atoms with Crippen LogP contribution in [0.5, 0.6) is 5.75 Å². The zero-order valence-corrected chi connectivity index (χ0v) is 21.4. The van der Waals surface area contributed by atoms with Crippen molar-refractivity contribution in [3.8, 4) is 5.75 Å². The van der Waals surface area contributed by atoms with Gasteiger partial charge in [-0.15, -0.1) is 0 Å². The first-order valence-corrected chi connectivity index (χ1v) is 11.7. The minimum absolute atomic E-state index is 0.0830. The minimum Gasteiger partial charge on any atom is -0.497 e. The maximum absolute atomic E-state index is 13.9. The van der Waals surface area contributed by atoms with Gasteiger partial charge in [-0.1, -0.05) is 18.2 Å². The molecule has 0 aliphatic carbocycles. The van der Waals surface area contributed by atoms with Gasteiger partial charge < -0.3 is 18.9 Å². The van der Waals surface area contributed by atoms with E-state index in [0.29, 0.717) is 45.9 Å². The Kier molecular flexibility index (Phi) is 8.29. The Morgan fingerprint density at radius 1 is 1.06 bits per heavy atom. The van der Waals surface area contributed by atoms with Crippen molar-refractivity contribution in [2.24, 2.45) is 0 Å². The van der Waals surface area contributed by atoms with Gasteiger partial charge in [-0.05, 0) is 69.2 Å². The normalized spacial score (nSPS) is 11.6. The number of hydrogen-bond donors (Lipinski definition) is 0. The molecule has 1 heterocycles.